The second-order valence-corrected chi connectivity index (χ2v) is 7.94. The first-order valence-corrected chi connectivity index (χ1v) is 10.4. The van der Waals surface area contributed by atoms with Crippen molar-refractivity contribution >= 4 is 11.6 Å². The highest BCUT2D eigenvalue weighted by Crippen LogP contribution is 2.24. The molecule has 2 N–H and O–H groups in total. The number of hydrogen-bond acceptors (Lipinski definition) is 3. The van der Waals surface area contributed by atoms with Crippen molar-refractivity contribution in [2.75, 3.05) is 25.0 Å². The van der Waals surface area contributed by atoms with Crippen molar-refractivity contribution < 1.29 is 9.90 Å². The van der Waals surface area contributed by atoms with Gasteiger partial charge in [-0.15, -0.1) is 0 Å². The number of anilines is 1. The number of hydrogen-bond donors (Lipinski definition) is 2. The van der Waals surface area contributed by atoms with Gasteiger partial charge in [0.05, 0.1) is 6.54 Å². The summed E-state index contributed by atoms with van der Waals surface area (Å²) in [7, 11) is 0. The first kappa shape index (κ1) is 20.4. The molecule has 2 aromatic carbocycles. The molecule has 0 atom stereocenters. The number of likely N-dealkylation sites (tertiary alicyclic amines) is 1. The number of para-hydroxylation sites is 1. The van der Waals surface area contributed by atoms with Gasteiger partial charge in [-0.1, -0.05) is 37.3 Å². The standard InChI is InChI=1S/C24H32N2O2/c1-3-21-6-4-5-18(2)24(21)25-23(28)17-26-15-13-20(14-16-26)8-7-19-9-11-22(27)12-10-19/h4-6,9-12,20,27H,3,7-8,13-17H2,1-2H3,(H,25,28). The Morgan fingerprint density at radius 3 is 2.54 bits per heavy atom. The molecule has 0 aromatic heterocycles. The summed E-state index contributed by atoms with van der Waals surface area (Å²) in [4.78, 5) is 14.8. The molecule has 1 fully saturated rings. The number of aromatic hydroxyl groups is 1. The molecule has 1 heterocycles. The van der Waals surface area contributed by atoms with Gasteiger partial charge in [0.25, 0.3) is 0 Å². The molecular formula is C24H32N2O2. The number of benzene rings is 2. The number of rotatable bonds is 7. The van der Waals surface area contributed by atoms with E-state index in [-0.39, 0.29) is 5.91 Å². The Balaban J connectivity index is 1.43. The van der Waals surface area contributed by atoms with Crippen molar-refractivity contribution in [1.82, 2.24) is 4.90 Å². The molecule has 150 valence electrons. The molecule has 0 radical (unpaired) electrons. The lowest BCUT2D eigenvalue weighted by molar-refractivity contribution is -0.117. The van der Waals surface area contributed by atoms with Crippen LogP contribution in [0.4, 0.5) is 5.69 Å². The minimum Gasteiger partial charge on any atom is -0.508 e. The van der Waals surface area contributed by atoms with Gasteiger partial charge in [0.2, 0.25) is 5.91 Å². The van der Waals surface area contributed by atoms with Crippen LogP contribution < -0.4 is 5.32 Å². The van der Waals surface area contributed by atoms with Crippen molar-refractivity contribution in [2.24, 2.45) is 5.92 Å². The SMILES string of the molecule is CCc1cccc(C)c1NC(=O)CN1CCC(CCc2ccc(O)cc2)CC1. The van der Waals surface area contributed by atoms with Crippen LogP contribution in [0.5, 0.6) is 5.75 Å². The van der Waals surface area contributed by atoms with E-state index < -0.39 is 0 Å². The van der Waals surface area contributed by atoms with Gasteiger partial charge in [-0.25, -0.2) is 0 Å². The van der Waals surface area contributed by atoms with Crippen LogP contribution in [0.2, 0.25) is 0 Å². The molecule has 0 unspecified atom stereocenters. The quantitative estimate of drug-likeness (QED) is 0.741. The number of carbonyl (C=O) groups excluding carboxylic acids is 1. The van der Waals surface area contributed by atoms with Gasteiger partial charge in [0.15, 0.2) is 0 Å². The average molecular weight is 381 g/mol. The highest BCUT2D eigenvalue weighted by molar-refractivity contribution is 5.93. The van der Waals surface area contributed by atoms with Gasteiger partial charge in [-0.3, -0.25) is 9.69 Å². The molecule has 1 aliphatic heterocycles. The van der Waals surface area contributed by atoms with Gasteiger partial charge in [-0.2, -0.15) is 0 Å². The predicted octanol–water partition coefficient (Wildman–Crippen LogP) is 4.55. The summed E-state index contributed by atoms with van der Waals surface area (Å²) in [5.74, 6) is 1.13. The lowest BCUT2D eigenvalue weighted by Gasteiger charge is -2.31. The van der Waals surface area contributed by atoms with E-state index >= 15 is 0 Å². The highest BCUT2D eigenvalue weighted by Gasteiger charge is 2.21. The van der Waals surface area contributed by atoms with Gasteiger partial charge in [-0.05, 0) is 86.9 Å². The summed E-state index contributed by atoms with van der Waals surface area (Å²) in [5, 5.41) is 12.5. The molecule has 4 nitrogen and oxygen atoms in total. The third kappa shape index (κ3) is 5.59. The Morgan fingerprint density at radius 1 is 1.14 bits per heavy atom. The van der Waals surface area contributed by atoms with E-state index in [4.69, 9.17) is 0 Å². The number of amides is 1. The van der Waals surface area contributed by atoms with Crippen LogP contribution in [0.25, 0.3) is 0 Å². The third-order valence-corrected chi connectivity index (χ3v) is 5.86. The maximum absolute atomic E-state index is 12.5. The number of aryl methyl sites for hydroxylation is 3. The summed E-state index contributed by atoms with van der Waals surface area (Å²) in [5.41, 5.74) is 4.59. The molecule has 0 spiro atoms. The Labute approximate surface area is 168 Å². The molecule has 3 rings (SSSR count). The van der Waals surface area contributed by atoms with Gasteiger partial charge in [0.1, 0.15) is 5.75 Å². The van der Waals surface area contributed by atoms with Crippen molar-refractivity contribution in [3.8, 4) is 5.75 Å². The van der Waals surface area contributed by atoms with Crippen LogP contribution in [0, 0.1) is 12.8 Å². The molecular weight excluding hydrogens is 348 g/mol. The number of phenols is 1. The van der Waals surface area contributed by atoms with E-state index in [1.54, 1.807) is 12.1 Å². The number of nitrogens with one attached hydrogen (secondary N) is 1. The highest BCUT2D eigenvalue weighted by atomic mass is 16.3. The van der Waals surface area contributed by atoms with E-state index in [9.17, 15) is 9.90 Å². The van der Waals surface area contributed by atoms with Crippen LogP contribution in [-0.4, -0.2) is 35.5 Å². The second-order valence-electron chi connectivity index (χ2n) is 7.94. The van der Waals surface area contributed by atoms with Crippen LogP contribution in [0.15, 0.2) is 42.5 Å². The monoisotopic (exact) mass is 380 g/mol. The average Bonchev–Trinajstić information content (AvgIpc) is 2.70. The van der Waals surface area contributed by atoms with E-state index in [1.807, 2.05) is 31.2 Å². The molecule has 28 heavy (non-hydrogen) atoms. The molecule has 4 heteroatoms. The van der Waals surface area contributed by atoms with Gasteiger partial charge in [0, 0.05) is 5.69 Å². The minimum atomic E-state index is 0.0894. The van der Waals surface area contributed by atoms with Crippen molar-refractivity contribution in [2.45, 2.75) is 46.0 Å². The molecule has 2 aromatic rings. The fraction of sp³-hybridized carbons (Fsp3) is 0.458. The summed E-state index contributed by atoms with van der Waals surface area (Å²) in [6.45, 7) is 6.62. The summed E-state index contributed by atoms with van der Waals surface area (Å²) in [6, 6.07) is 13.7. The predicted molar refractivity (Wildman–Crippen MR) is 115 cm³/mol. The van der Waals surface area contributed by atoms with Crippen molar-refractivity contribution in [1.29, 1.82) is 0 Å². The first-order valence-electron chi connectivity index (χ1n) is 10.4. The fourth-order valence-electron chi connectivity index (χ4n) is 4.05. The zero-order valence-corrected chi connectivity index (χ0v) is 17.1. The normalized spacial score (nSPS) is 15.5. The largest absolute Gasteiger partial charge is 0.508 e. The Morgan fingerprint density at radius 2 is 1.86 bits per heavy atom. The van der Waals surface area contributed by atoms with Gasteiger partial charge >= 0.3 is 0 Å². The Kier molecular flexibility index (Phi) is 7.10. The number of carbonyl (C=O) groups is 1. The smallest absolute Gasteiger partial charge is 0.238 e. The lowest BCUT2D eigenvalue weighted by atomic mass is 9.90. The zero-order valence-electron chi connectivity index (χ0n) is 17.1. The van der Waals surface area contributed by atoms with E-state index in [1.165, 1.54) is 17.5 Å². The lowest BCUT2D eigenvalue weighted by Crippen LogP contribution is -2.39. The first-order chi connectivity index (χ1) is 13.5. The molecule has 0 saturated carbocycles. The van der Waals surface area contributed by atoms with Crippen LogP contribution in [0.1, 0.15) is 42.9 Å². The maximum atomic E-state index is 12.5. The van der Waals surface area contributed by atoms with Crippen LogP contribution in [-0.2, 0) is 17.6 Å². The molecule has 1 aliphatic rings. The second kappa shape index (κ2) is 9.74. The van der Waals surface area contributed by atoms with Crippen LogP contribution in [0.3, 0.4) is 0 Å². The Hall–Kier alpha value is -2.33. The van der Waals surface area contributed by atoms with Crippen molar-refractivity contribution in [3.63, 3.8) is 0 Å². The minimum absolute atomic E-state index is 0.0894. The number of nitrogens with zero attached hydrogens (tertiary/aromatic N) is 1. The van der Waals surface area contributed by atoms with E-state index in [0.29, 0.717) is 12.3 Å². The fourth-order valence-corrected chi connectivity index (χ4v) is 4.05. The van der Waals surface area contributed by atoms with Crippen molar-refractivity contribution in [3.05, 3.63) is 59.2 Å². The summed E-state index contributed by atoms with van der Waals surface area (Å²) >= 11 is 0. The van der Waals surface area contributed by atoms with Gasteiger partial charge < -0.3 is 10.4 Å². The topological polar surface area (TPSA) is 52.6 Å². The maximum Gasteiger partial charge on any atom is 0.238 e. The molecule has 0 bridgehead atoms. The number of piperidine rings is 1. The van der Waals surface area contributed by atoms with Crippen LogP contribution >= 0.6 is 0 Å². The summed E-state index contributed by atoms with van der Waals surface area (Å²) < 4.78 is 0. The zero-order chi connectivity index (χ0) is 19.9. The van der Waals surface area contributed by atoms with E-state index in [0.717, 1.165) is 55.9 Å². The molecule has 1 amide bonds. The Bertz CT molecular complexity index is 778. The molecule has 0 aliphatic carbocycles. The molecule has 1 saturated heterocycles. The number of phenolic OH excluding ortho intramolecular Hbond substituents is 1. The van der Waals surface area contributed by atoms with E-state index in [2.05, 4.69) is 23.2 Å². The third-order valence-electron chi connectivity index (χ3n) is 5.86. The summed E-state index contributed by atoms with van der Waals surface area (Å²) in [6.07, 6.45) is 5.45.